The maximum atomic E-state index is 9.30. The summed E-state index contributed by atoms with van der Waals surface area (Å²) in [4.78, 5) is 2.24. The molecule has 2 rings (SSSR count). The summed E-state index contributed by atoms with van der Waals surface area (Å²) in [7, 11) is 2.10. The highest BCUT2D eigenvalue weighted by atomic mass is 79.9. The van der Waals surface area contributed by atoms with Crippen molar-refractivity contribution in [2.24, 2.45) is 11.7 Å². The number of hydrogen-bond donors (Lipinski definition) is 2. The Hall–Kier alpha value is -0.580. The van der Waals surface area contributed by atoms with Crippen molar-refractivity contribution >= 4 is 21.6 Å². The SMILES string of the molecule is C[C@H](N)c1ccc(N(C)CC2CC(O)C2)cc1Br. The Morgan fingerprint density at radius 1 is 1.50 bits per heavy atom. The van der Waals surface area contributed by atoms with Crippen molar-refractivity contribution in [3.8, 4) is 0 Å². The van der Waals surface area contributed by atoms with Gasteiger partial charge in [-0.15, -0.1) is 0 Å². The Bertz CT molecular complexity index is 416. The van der Waals surface area contributed by atoms with Gasteiger partial charge in [-0.2, -0.15) is 0 Å². The van der Waals surface area contributed by atoms with E-state index in [4.69, 9.17) is 5.73 Å². The quantitative estimate of drug-likeness (QED) is 0.898. The van der Waals surface area contributed by atoms with Crippen LogP contribution in [0, 0.1) is 5.92 Å². The third-order valence-electron chi connectivity index (χ3n) is 3.66. The highest BCUT2D eigenvalue weighted by Crippen LogP contribution is 2.31. The van der Waals surface area contributed by atoms with Crippen LogP contribution < -0.4 is 10.6 Å². The van der Waals surface area contributed by atoms with Crippen LogP contribution in [0.2, 0.25) is 0 Å². The highest BCUT2D eigenvalue weighted by molar-refractivity contribution is 9.10. The Balaban J connectivity index is 2.02. The van der Waals surface area contributed by atoms with E-state index in [9.17, 15) is 5.11 Å². The number of aliphatic hydroxyl groups excluding tert-OH is 1. The molecule has 1 atom stereocenters. The van der Waals surface area contributed by atoms with Crippen molar-refractivity contribution in [1.29, 1.82) is 0 Å². The third-order valence-corrected chi connectivity index (χ3v) is 4.35. The van der Waals surface area contributed by atoms with Gasteiger partial charge in [-0.3, -0.25) is 0 Å². The third kappa shape index (κ3) is 3.05. The van der Waals surface area contributed by atoms with E-state index in [1.165, 1.54) is 5.69 Å². The fourth-order valence-corrected chi connectivity index (χ4v) is 3.19. The number of anilines is 1. The van der Waals surface area contributed by atoms with E-state index in [2.05, 4.69) is 46.1 Å². The van der Waals surface area contributed by atoms with E-state index < -0.39 is 0 Å². The van der Waals surface area contributed by atoms with Crippen LogP contribution in [0.5, 0.6) is 0 Å². The molecule has 1 saturated carbocycles. The summed E-state index contributed by atoms with van der Waals surface area (Å²) >= 11 is 3.58. The topological polar surface area (TPSA) is 49.5 Å². The molecule has 4 heteroatoms. The van der Waals surface area contributed by atoms with Gasteiger partial charge in [0, 0.05) is 29.8 Å². The maximum Gasteiger partial charge on any atom is 0.0546 e. The lowest BCUT2D eigenvalue weighted by molar-refractivity contribution is 0.0465. The van der Waals surface area contributed by atoms with E-state index in [1.807, 2.05) is 6.92 Å². The van der Waals surface area contributed by atoms with E-state index in [0.29, 0.717) is 5.92 Å². The number of rotatable bonds is 4. The average molecular weight is 313 g/mol. The predicted molar refractivity (Wildman–Crippen MR) is 78.7 cm³/mol. The molecule has 0 aliphatic heterocycles. The summed E-state index contributed by atoms with van der Waals surface area (Å²) in [5.74, 6) is 0.622. The molecule has 3 N–H and O–H groups in total. The Morgan fingerprint density at radius 2 is 2.17 bits per heavy atom. The molecule has 18 heavy (non-hydrogen) atoms. The van der Waals surface area contributed by atoms with Crippen LogP contribution in [0.3, 0.4) is 0 Å². The summed E-state index contributed by atoms with van der Waals surface area (Å²) in [5, 5.41) is 9.30. The first-order valence-corrected chi connectivity index (χ1v) is 7.21. The summed E-state index contributed by atoms with van der Waals surface area (Å²) in [5.41, 5.74) is 8.21. The second-order valence-electron chi connectivity index (χ2n) is 5.37. The molecule has 0 spiro atoms. The minimum Gasteiger partial charge on any atom is -0.393 e. The van der Waals surface area contributed by atoms with Crippen LogP contribution in [-0.4, -0.2) is 24.8 Å². The number of benzene rings is 1. The van der Waals surface area contributed by atoms with Crippen molar-refractivity contribution in [3.63, 3.8) is 0 Å². The molecule has 0 amide bonds. The first kappa shape index (κ1) is 13.8. The zero-order valence-corrected chi connectivity index (χ0v) is 12.5. The lowest BCUT2D eigenvalue weighted by Crippen LogP contribution is -2.37. The summed E-state index contributed by atoms with van der Waals surface area (Å²) in [6, 6.07) is 6.35. The fraction of sp³-hybridized carbons (Fsp3) is 0.571. The lowest BCUT2D eigenvalue weighted by atomic mass is 9.82. The van der Waals surface area contributed by atoms with Gasteiger partial charge in [-0.1, -0.05) is 22.0 Å². The molecule has 0 bridgehead atoms. The molecule has 0 radical (unpaired) electrons. The van der Waals surface area contributed by atoms with Crippen molar-refractivity contribution in [2.75, 3.05) is 18.5 Å². The van der Waals surface area contributed by atoms with Gasteiger partial charge in [0.15, 0.2) is 0 Å². The molecule has 0 aromatic heterocycles. The first-order valence-electron chi connectivity index (χ1n) is 6.41. The van der Waals surface area contributed by atoms with Crippen LogP contribution in [0.1, 0.15) is 31.4 Å². The number of nitrogens with zero attached hydrogens (tertiary/aromatic N) is 1. The van der Waals surface area contributed by atoms with Gasteiger partial charge in [0.05, 0.1) is 6.10 Å². The highest BCUT2D eigenvalue weighted by Gasteiger charge is 2.28. The summed E-state index contributed by atoms with van der Waals surface area (Å²) in [6.07, 6.45) is 1.79. The molecular formula is C14H21BrN2O. The first-order chi connectivity index (χ1) is 8.47. The molecule has 0 heterocycles. The molecule has 0 unspecified atom stereocenters. The van der Waals surface area contributed by atoms with Gasteiger partial charge in [-0.25, -0.2) is 0 Å². The normalized spacial score (nSPS) is 24.5. The monoisotopic (exact) mass is 312 g/mol. The molecule has 0 saturated heterocycles. The molecule has 3 nitrogen and oxygen atoms in total. The van der Waals surface area contributed by atoms with Crippen molar-refractivity contribution in [3.05, 3.63) is 28.2 Å². The molecule has 1 aromatic rings. The largest absolute Gasteiger partial charge is 0.393 e. The molecular weight excluding hydrogens is 292 g/mol. The Morgan fingerprint density at radius 3 is 2.67 bits per heavy atom. The van der Waals surface area contributed by atoms with Gasteiger partial charge < -0.3 is 15.7 Å². The summed E-state index contributed by atoms with van der Waals surface area (Å²) < 4.78 is 1.07. The molecule has 100 valence electrons. The van der Waals surface area contributed by atoms with Crippen LogP contribution in [0.25, 0.3) is 0 Å². The van der Waals surface area contributed by atoms with Gasteiger partial charge in [0.2, 0.25) is 0 Å². The fourth-order valence-electron chi connectivity index (χ4n) is 2.47. The van der Waals surface area contributed by atoms with E-state index in [0.717, 1.165) is 29.4 Å². The number of hydrogen-bond acceptors (Lipinski definition) is 3. The van der Waals surface area contributed by atoms with Crippen molar-refractivity contribution in [2.45, 2.75) is 31.9 Å². The van der Waals surface area contributed by atoms with Gasteiger partial charge >= 0.3 is 0 Å². The minimum atomic E-state index is -0.0735. The zero-order valence-electron chi connectivity index (χ0n) is 10.9. The van der Waals surface area contributed by atoms with Gasteiger partial charge in [0.1, 0.15) is 0 Å². The maximum absolute atomic E-state index is 9.30. The average Bonchev–Trinajstić information content (AvgIpc) is 2.26. The Kier molecular flexibility index (Phi) is 4.30. The van der Waals surface area contributed by atoms with Crippen LogP contribution in [-0.2, 0) is 0 Å². The van der Waals surface area contributed by atoms with Crippen LogP contribution >= 0.6 is 15.9 Å². The Labute approximate surface area is 117 Å². The second kappa shape index (κ2) is 5.59. The van der Waals surface area contributed by atoms with Crippen molar-refractivity contribution in [1.82, 2.24) is 0 Å². The van der Waals surface area contributed by atoms with Gasteiger partial charge in [0.25, 0.3) is 0 Å². The van der Waals surface area contributed by atoms with E-state index in [1.54, 1.807) is 0 Å². The van der Waals surface area contributed by atoms with Crippen LogP contribution in [0.15, 0.2) is 22.7 Å². The number of nitrogens with two attached hydrogens (primary N) is 1. The molecule has 1 aliphatic rings. The van der Waals surface area contributed by atoms with Gasteiger partial charge in [-0.05, 0) is 43.4 Å². The molecule has 1 aromatic carbocycles. The summed E-state index contributed by atoms with van der Waals surface area (Å²) in [6.45, 7) is 2.99. The van der Waals surface area contributed by atoms with Crippen molar-refractivity contribution < 1.29 is 5.11 Å². The zero-order chi connectivity index (χ0) is 13.3. The molecule has 1 fully saturated rings. The predicted octanol–water partition coefficient (Wildman–Crippen LogP) is 2.68. The van der Waals surface area contributed by atoms with Crippen LogP contribution in [0.4, 0.5) is 5.69 Å². The van der Waals surface area contributed by atoms with E-state index >= 15 is 0 Å². The number of halogens is 1. The second-order valence-corrected chi connectivity index (χ2v) is 6.22. The minimum absolute atomic E-state index is 0.0421. The number of aliphatic hydroxyl groups is 1. The van der Waals surface area contributed by atoms with E-state index in [-0.39, 0.29) is 12.1 Å². The molecule has 1 aliphatic carbocycles. The standard InChI is InChI=1S/C14H21BrN2O/c1-9(16)13-4-3-11(7-14(13)15)17(2)8-10-5-12(18)6-10/h3-4,7,9-10,12,18H,5-6,8,16H2,1-2H3/t9-,10?,12?/m0/s1. The smallest absolute Gasteiger partial charge is 0.0546 e. The lowest BCUT2D eigenvalue weighted by Gasteiger charge is -2.35.